The average molecular weight is 441 g/mol. The fraction of sp³-hybridized carbons (Fsp3) is 0.130. The summed E-state index contributed by atoms with van der Waals surface area (Å²) in [5, 5.41) is 6.38. The molecule has 7 heteroatoms. The lowest BCUT2D eigenvalue weighted by Crippen LogP contribution is -2.38. The molecule has 0 fully saturated rings. The van der Waals surface area contributed by atoms with Crippen LogP contribution in [0, 0.1) is 0 Å². The van der Waals surface area contributed by atoms with Crippen LogP contribution in [0.4, 0.5) is 0 Å². The number of hydrogen-bond donors (Lipinski definition) is 2. The Balaban J connectivity index is 1.59. The van der Waals surface area contributed by atoms with Crippen molar-refractivity contribution in [3.63, 3.8) is 0 Å². The second-order valence-corrected chi connectivity index (χ2v) is 7.19. The van der Waals surface area contributed by atoms with Crippen molar-refractivity contribution in [3.8, 4) is 22.6 Å². The molecule has 154 valence electrons. The first-order valence-electron chi connectivity index (χ1n) is 9.17. The largest absolute Gasteiger partial charge is 0.493 e. The van der Waals surface area contributed by atoms with Crippen LogP contribution in [-0.4, -0.2) is 25.2 Å². The van der Waals surface area contributed by atoms with Crippen LogP contribution < -0.4 is 20.1 Å². The van der Waals surface area contributed by atoms with Crippen LogP contribution in [0.25, 0.3) is 11.1 Å². The number of carbonyl (C=O) groups excluding carboxylic acids is 1. The molecule has 3 aromatic rings. The lowest BCUT2D eigenvalue weighted by molar-refractivity contribution is 0.0976. The molecule has 0 unspecified atom stereocenters. The molecule has 2 N–H and O–H groups in total. The molecule has 30 heavy (non-hydrogen) atoms. The average Bonchev–Trinajstić information content (AvgIpc) is 2.78. The fourth-order valence-corrected chi connectivity index (χ4v) is 3.26. The van der Waals surface area contributed by atoms with Crippen LogP contribution in [-0.2, 0) is 6.54 Å². The molecule has 0 heterocycles. The minimum Gasteiger partial charge on any atom is -0.493 e. The summed E-state index contributed by atoms with van der Waals surface area (Å²) in [6, 6.07) is 20.8. The van der Waals surface area contributed by atoms with E-state index < -0.39 is 0 Å². The maximum Gasteiger partial charge on any atom is 0.257 e. The molecule has 0 aliphatic heterocycles. The quantitative estimate of drug-likeness (QED) is 0.538. The second kappa shape index (κ2) is 10.1. The smallest absolute Gasteiger partial charge is 0.257 e. The lowest BCUT2D eigenvalue weighted by atomic mass is 10.0. The first kappa shape index (κ1) is 21.6. The predicted molar refractivity (Wildman–Crippen MR) is 123 cm³/mol. The summed E-state index contributed by atoms with van der Waals surface area (Å²) in [7, 11) is 3.10. The molecule has 0 bridgehead atoms. The summed E-state index contributed by atoms with van der Waals surface area (Å²) in [4.78, 5) is 12.5. The van der Waals surface area contributed by atoms with Gasteiger partial charge in [0.2, 0.25) is 0 Å². The number of rotatable bonds is 6. The van der Waals surface area contributed by atoms with E-state index in [4.69, 9.17) is 33.3 Å². The van der Waals surface area contributed by atoms with Gasteiger partial charge in [-0.25, -0.2) is 0 Å². The molecule has 3 rings (SSSR count). The molecule has 1 amide bonds. The van der Waals surface area contributed by atoms with Gasteiger partial charge >= 0.3 is 0 Å². The van der Waals surface area contributed by atoms with Crippen molar-refractivity contribution in [1.29, 1.82) is 0 Å². The topological polar surface area (TPSA) is 59.6 Å². The van der Waals surface area contributed by atoms with E-state index in [1.54, 1.807) is 38.5 Å². The van der Waals surface area contributed by atoms with E-state index in [1.165, 1.54) is 0 Å². The number of methoxy groups -OCH3 is 2. The maximum atomic E-state index is 12.5. The molecule has 0 atom stereocenters. The van der Waals surface area contributed by atoms with Crippen LogP contribution in [0.5, 0.6) is 11.5 Å². The Morgan fingerprint density at radius 2 is 1.53 bits per heavy atom. The number of carbonyl (C=O) groups is 1. The van der Waals surface area contributed by atoms with E-state index in [9.17, 15) is 4.79 Å². The SMILES string of the molecule is COc1cc(Cl)c(CNC(=S)NC(=O)c2ccc(-c3ccccc3)cc2)cc1OC. The highest BCUT2D eigenvalue weighted by molar-refractivity contribution is 7.80. The summed E-state index contributed by atoms with van der Waals surface area (Å²) in [5.74, 6) is 0.818. The molecule has 0 aliphatic rings. The Hall–Kier alpha value is -3.09. The second-order valence-electron chi connectivity index (χ2n) is 6.38. The Labute approximate surface area is 186 Å². The Morgan fingerprint density at radius 3 is 2.17 bits per heavy atom. The summed E-state index contributed by atoms with van der Waals surface area (Å²) in [6.45, 7) is 0.325. The van der Waals surface area contributed by atoms with Gasteiger partial charge in [0.1, 0.15) is 0 Å². The normalized spacial score (nSPS) is 10.2. The van der Waals surface area contributed by atoms with E-state index in [0.717, 1.165) is 16.7 Å². The molecule has 0 radical (unpaired) electrons. The van der Waals surface area contributed by atoms with Crippen LogP contribution in [0.1, 0.15) is 15.9 Å². The van der Waals surface area contributed by atoms with Crippen molar-refractivity contribution in [2.45, 2.75) is 6.54 Å². The van der Waals surface area contributed by atoms with Crippen molar-refractivity contribution in [2.24, 2.45) is 0 Å². The first-order chi connectivity index (χ1) is 14.5. The third-order valence-electron chi connectivity index (χ3n) is 4.47. The number of hydrogen-bond acceptors (Lipinski definition) is 4. The molecule has 0 spiro atoms. The number of benzene rings is 3. The van der Waals surface area contributed by atoms with Gasteiger partial charge in [-0.05, 0) is 47.1 Å². The van der Waals surface area contributed by atoms with Crippen molar-refractivity contribution >= 4 is 34.8 Å². The van der Waals surface area contributed by atoms with Gasteiger partial charge in [0.05, 0.1) is 14.2 Å². The van der Waals surface area contributed by atoms with Gasteiger partial charge in [-0.1, -0.05) is 54.1 Å². The zero-order valence-electron chi connectivity index (χ0n) is 16.6. The highest BCUT2D eigenvalue weighted by Crippen LogP contribution is 2.33. The maximum absolute atomic E-state index is 12.5. The van der Waals surface area contributed by atoms with Crippen LogP contribution in [0.2, 0.25) is 5.02 Å². The van der Waals surface area contributed by atoms with Crippen molar-refractivity contribution in [1.82, 2.24) is 10.6 Å². The third-order valence-corrected chi connectivity index (χ3v) is 5.07. The number of halogens is 1. The first-order valence-corrected chi connectivity index (χ1v) is 9.95. The third kappa shape index (κ3) is 5.28. The molecule has 0 saturated carbocycles. The molecule has 0 aromatic heterocycles. The van der Waals surface area contributed by atoms with E-state index in [1.807, 2.05) is 42.5 Å². The van der Waals surface area contributed by atoms with Crippen LogP contribution >= 0.6 is 23.8 Å². The van der Waals surface area contributed by atoms with Crippen LogP contribution in [0.3, 0.4) is 0 Å². The van der Waals surface area contributed by atoms with E-state index >= 15 is 0 Å². The molecule has 5 nitrogen and oxygen atoms in total. The van der Waals surface area contributed by atoms with E-state index in [0.29, 0.717) is 28.6 Å². The van der Waals surface area contributed by atoms with Crippen molar-refractivity contribution in [3.05, 3.63) is 82.9 Å². The minimum absolute atomic E-state index is 0.206. The Kier molecular flexibility index (Phi) is 7.27. The van der Waals surface area contributed by atoms with Gasteiger partial charge < -0.3 is 14.8 Å². The molecule has 0 aliphatic carbocycles. The van der Waals surface area contributed by atoms with Gasteiger partial charge in [-0.15, -0.1) is 0 Å². The number of ether oxygens (including phenoxy) is 2. The number of amides is 1. The van der Waals surface area contributed by atoms with Gasteiger partial charge in [0.15, 0.2) is 16.6 Å². The minimum atomic E-state index is -0.287. The lowest BCUT2D eigenvalue weighted by Gasteiger charge is -2.14. The zero-order valence-corrected chi connectivity index (χ0v) is 18.1. The van der Waals surface area contributed by atoms with Crippen LogP contribution in [0.15, 0.2) is 66.7 Å². The molecule has 0 saturated heterocycles. The highest BCUT2D eigenvalue weighted by Gasteiger charge is 2.12. The van der Waals surface area contributed by atoms with Crippen molar-refractivity contribution in [2.75, 3.05) is 14.2 Å². The summed E-state index contributed by atoms with van der Waals surface area (Å²) in [6.07, 6.45) is 0. The summed E-state index contributed by atoms with van der Waals surface area (Å²) >= 11 is 11.5. The predicted octanol–water partition coefficient (Wildman–Crippen LogP) is 4.83. The van der Waals surface area contributed by atoms with Crippen molar-refractivity contribution < 1.29 is 14.3 Å². The van der Waals surface area contributed by atoms with Gasteiger partial charge in [0.25, 0.3) is 5.91 Å². The monoisotopic (exact) mass is 440 g/mol. The summed E-state index contributed by atoms with van der Waals surface area (Å²) < 4.78 is 10.5. The Bertz CT molecular complexity index is 1040. The van der Waals surface area contributed by atoms with Gasteiger partial charge in [0, 0.05) is 23.2 Å². The summed E-state index contributed by atoms with van der Waals surface area (Å²) in [5.41, 5.74) is 3.41. The molecule has 3 aromatic carbocycles. The standard InChI is InChI=1S/C23H21ClN2O3S/c1-28-20-12-18(19(24)13-21(20)29-2)14-25-23(30)26-22(27)17-10-8-16(9-11-17)15-6-4-3-5-7-15/h3-13H,14H2,1-2H3,(H2,25,26,27,30). The molecular formula is C23H21ClN2O3S. The van der Waals surface area contributed by atoms with Gasteiger partial charge in [-0.3, -0.25) is 10.1 Å². The molecular weight excluding hydrogens is 420 g/mol. The fourth-order valence-electron chi connectivity index (χ4n) is 2.87. The number of thiocarbonyl (C=S) groups is 1. The Morgan fingerprint density at radius 1 is 0.933 bits per heavy atom. The highest BCUT2D eigenvalue weighted by atomic mass is 35.5. The zero-order chi connectivity index (χ0) is 21.5. The van der Waals surface area contributed by atoms with Gasteiger partial charge in [-0.2, -0.15) is 0 Å². The van der Waals surface area contributed by atoms with E-state index in [2.05, 4.69) is 10.6 Å². The number of nitrogens with one attached hydrogen (secondary N) is 2. The van der Waals surface area contributed by atoms with E-state index in [-0.39, 0.29) is 11.0 Å².